The van der Waals surface area contributed by atoms with E-state index in [0.717, 1.165) is 37.1 Å². The van der Waals surface area contributed by atoms with Crippen molar-refractivity contribution in [2.45, 2.75) is 38.4 Å². The quantitative estimate of drug-likeness (QED) is 0.633. The van der Waals surface area contributed by atoms with Gasteiger partial charge in [0.2, 0.25) is 0 Å². The van der Waals surface area contributed by atoms with E-state index in [1.54, 1.807) is 12.1 Å². The Morgan fingerprint density at radius 2 is 1.83 bits per heavy atom. The van der Waals surface area contributed by atoms with E-state index in [1.165, 1.54) is 11.1 Å². The number of benzene rings is 2. The Hall–Kier alpha value is -3.47. The summed E-state index contributed by atoms with van der Waals surface area (Å²) in [6, 6.07) is 24.6. The van der Waals surface area contributed by atoms with Crippen molar-refractivity contribution in [1.29, 1.82) is 10.5 Å². The number of aromatic nitrogens is 1. The highest BCUT2D eigenvalue weighted by Crippen LogP contribution is 2.35. The zero-order valence-electron chi connectivity index (χ0n) is 16.3. The fraction of sp³-hybridized carbons (Fsp3) is 0.240. The summed E-state index contributed by atoms with van der Waals surface area (Å²) >= 11 is 0. The van der Waals surface area contributed by atoms with E-state index in [9.17, 15) is 5.26 Å². The lowest BCUT2D eigenvalue weighted by molar-refractivity contribution is 0.157. The first-order valence-corrected chi connectivity index (χ1v) is 9.93. The van der Waals surface area contributed by atoms with Gasteiger partial charge in [0, 0.05) is 19.3 Å². The van der Waals surface area contributed by atoms with Crippen LogP contribution in [-0.2, 0) is 19.5 Å². The van der Waals surface area contributed by atoms with E-state index in [4.69, 9.17) is 10.2 Å². The molecule has 0 aliphatic heterocycles. The van der Waals surface area contributed by atoms with Crippen LogP contribution < -0.4 is 0 Å². The van der Waals surface area contributed by atoms with Crippen LogP contribution in [0.5, 0.6) is 0 Å². The Balaban J connectivity index is 1.71. The maximum Gasteiger partial charge on any atom is 0.0995 e. The monoisotopic (exact) mass is 378 g/mol. The van der Waals surface area contributed by atoms with Crippen molar-refractivity contribution in [2.75, 3.05) is 0 Å². The molecule has 4 nitrogen and oxygen atoms in total. The Bertz CT molecular complexity index is 1080. The molecule has 2 aromatic carbocycles. The summed E-state index contributed by atoms with van der Waals surface area (Å²) in [7, 11) is 0. The number of hydrogen-bond acceptors (Lipinski definition) is 4. The van der Waals surface area contributed by atoms with Gasteiger partial charge >= 0.3 is 0 Å². The van der Waals surface area contributed by atoms with Crippen molar-refractivity contribution in [1.82, 2.24) is 9.88 Å². The lowest BCUT2D eigenvalue weighted by atomic mass is 9.90. The fourth-order valence-corrected chi connectivity index (χ4v) is 4.14. The summed E-state index contributed by atoms with van der Waals surface area (Å²) in [5, 5.41) is 18.8. The highest BCUT2D eigenvalue weighted by atomic mass is 15.2. The summed E-state index contributed by atoms with van der Waals surface area (Å²) < 4.78 is 0. The lowest BCUT2D eigenvalue weighted by Crippen LogP contribution is -2.31. The number of fused-ring (bicyclic) bond motifs is 1. The van der Waals surface area contributed by atoms with Gasteiger partial charge < -0.3 is 0 Å². The van der Waals surface area contributed by atoms with Gasteiger partial charge in [-0.1, -0.05) is 42.5 Å². The topological polar surface area (TPSA) is 63.7 Å². The van der Waals surface area contributed by atoms with Gasteiger partial charge in [-0.2, -0.15) is 10.5 Å². The maximum absolute atomic E-state index is 9.62. The molecule has 1 aromatic heterocycles. The van der Waals surface area contributed by atoms with Crippen LogP contribution in [0.3, 0.4) is 0 Å². The van der Waals surface area contributed by atoms with E-state index in [-0.39, 0.29) is 6.04 Å². The van der Waals surface area contributed by atoms with Crippen molar-refractivity contribution < 1.29 is 0 Å². The molecule has 0 bridgehead atoms. The van der Waals surface area contributed by atoms with Crippen molar-refractivity contribution in [2.24, 2.45) is 0 Å². The molecule has 1 heterocycles. The van der Waals surface area contributed by atoms with Gasteiger partial charge in [0.15, 0.2) is 0 Å². The molecule has 1 unspecified atom stereocenters. The van der Waals surface area contributed by atoms with E-state index in [2.05, 4.69) is 47.4 Å². The van der Waals surface area contributed by atoms with Crippen molar-refractivity contribution >= 4 is 0 Å². The van der Waals surface area contributed by atoms with E-state index < -0.39 is 0 Å². The molecule has 0 fully saturated rings. The van der Waals surface area contributed by atoms with Crippen molar-refractivity contribution in [3.05, 3.63) is 100 Å². The van der Waals surface area contributed by atoms with Crippen LogP contribution in [0.15, 0.2) is 66.9 Å². The minimum absolute atomic E-state index is 0.211. The minimum Gasteiger partial charge on any atom is -0.286 e. The highest BCUT2D eigenvalue weighted by molar-refractivity contribution is 5.44. The smallest absolute Gasteiger partial charge is 0.0995 e. The fourth-order valence-electron chi connectivity index (χ4n) is 4.14. The van der Waals surface area contributed by atoms with E-state index in [0.29, 0.717) is 17.7 Å². The van der Waals surface area contributed by atoms with Gasteiger partial charge in [-0.05, 0) is 54.2 Å². The lowest BCUT2D eigenvalue weighted by Gasteiger charge is -2.35. The van der Waals surface area contributed by atoms with Crippen molar-refractivity contribution in [3.63, 3.8) is 0 Å². The molecule has 0 saturated heterocycles. The summed E-state index contributed by atoms with van der Waals surface area (Å²) in [6.45, 7) is 1.43. The van der Waals surface area contributed by atoms with Crippen LogP contribution in [0.1, 0.15) is 52.4 Å². The van der Waals surface area contributed by atoms with Crippen LogP contribution in [0, 0.1) is 22.7 Å². The second kappa shape index (κ2) is 8.69. The molecule has 0 N–H and O–H groups in total. The van der Waals surface area contributed by atoms with Gasteiger partial charge in [0.1, 0.15) is 0 Å². The molecular weight excluding hydrogens is 356 g/mol. The van der Waals surface area contributed by atoms with Crippen LogP contribution in [0.25, 0.3) is 0 Å². The second-order valence-electron chi connectivity index (χ2n) is 7.44. The van der Waals surface area contributed by atoms with Crippen LogP contribution in [0.4, 0.5) is 0 Å². The number of nitriles is 2. The molecule has 0 spiro atoms. The molecule has 4 heteroatoms. The molecule has 142 valence electrons. The third-order valence-electron chi connectivity index (χ3n) is 5.57. The predicted octanol–water partition coefficient (Wildman–Crippen LogP) is 4.90. The van der Waals surface area contributed by atoms with Gasteiger partial charge in [0.05, 0.1) is 35.0 Å². The molecule has 0 radical (unpaired) electrons. The number of hydrogen-bond donors (Lipinski definition) is 0. The second-order valence-corrected chi connectivity index (χ2v) is 7.44. The van der Waals surface area contributed by atoms with Gasteiger partial charge in [0.25, 0.3) is 0 Å². The van der Waals surface area contributed by atoms with Gasteiger partial charge in [-0.15, -0.1) is 0 Å². The maximum atomic E-state index is 9.62. The van der Waals surface area contributed by atoms with E-state index in [1.807, 2.05) is 24.4 Å². The van der Waals surface area contributed by atoms with Gasteiger partial charge in [-0.25, -0.2) is 0 Å². The summed E-state index contributed by atoms with van der Waals surface area (Å²) in [4.78, 5) is 7.14. The summed E-state index contributed by atoms with van der Waals surface area (Å²) in [5.74, 6) is 0. The number of nitrogens with zero attached hydrogens (tertiary/aromatic N) is 4. The zero-order chi connectivity index (χ0) is 20.1. The van der Waals surface area contributed by atoms with Crippen LogP contribution >= 0.6 is 0 Å². The average molecular weight is 378 g/mol. The minimum atomic E-state index is 0.211. The molecule has 29 heavy (non-hydrogen) atoms. The largest absolute Gasteiger partial charge is 0.286 e. The highest BCUT2D eigenvalue weighted by Gasteiger charge is 2.27. The zero-order valence-corrected chi connectivity index (χ0v) is 16.3. The SMILES string of the molecule is N#Cc1ccc(CN(Cc2ccccc2)C2CCCc3cccnc32)c(C#N)c1. The molecule has 1 aliphatic rings. The Labute approximate surface area is 171 Å². The average Bonchev–Trinajstić information content (AvgIpc) is 2.79. The molecule has 1 atom stereocenters. The third-order valence-corrected chi connectivity index (χ3v) is 5.57. The first-order valence-electron chi connectivity index (χ1n) is 9.93. The normalized spacial score (nSPS) is 15.3. The first kappa shape index (κ1) is 18.9. The molecule has 4 rings (SSSR count). The summed E-state index contributed by atoms with van der Waals surface area (Å²) in [6.07, 6.45) is 5.13. The first-order chi connectivity index (χ1) is 14.3. The third kappa shape index (κ3) is 4.19. The van der Waals surface area contributed by atoms with Crippen LogP contribution in [-0.4, -0.2) is 9.88 Å². The Kier molecular flexibility index (Phi) is 5.66. The molecule has 0 amide bonds. The van der Waals surface area contributed by atoms with Gasteiger partial charge in [-0.3, -0.25) is 9.88 Å². The predicted molar refractivity (Wildman–Crippen MR) is 111 cm³/mol. The Morgan fingerprint density at radius 3 is 2.62 bits per heavy atom. The molecule has 1 aliphatic carbocycles. The molecular formula is C25H22N4. The van der Waals surface area contributed by atoms with E-state index >= 15 is 0 Å². The molecule has 3 aromatic rings. The number of aryl methyl sites for hydroxylation is 1. The standard InChI is InChI=1S/C25H22N4/c26-15-20-11-12-22(23(14-20)16-27)18-29(17-19-6-2-1-3-7-19)24-10-4-8-21-9-5-13-28-25(21)24/h1-3,5-7,9,11-14,24H,4,8,10,17-18H2. The molecule has 0 saturated carbocycles. The Morgan fingerprint density at radius 1 is 0.966 bits per heavy atom. The number of pyridine rings is 1. The van der Waals surface area contributed by atoms with Crippen molar-refractivity contribution in [3.8, 4) is 12.1 Å². The van der Waals surface area contributed by atoms with Crippen LogP contribution in [0.2, 0.25) is 0 Å². The summed E-state index contributed by atoms with van der Waals surface area (Å²) in [5.41, 5.74) is 5.75. The number of rotatable bonds is 5.